The molecule has 172 valence electrons. The number of benzene rings is 2. The summed E-state index contributed by atoms with van der Waals surface area (Å²) in [5.41, 5.74) is 5.97. The third kappa shape index (κ3) is 5.73. The molecule has 0 unspecified atom stereocenters. The Hall–Kier alpha value is -3.76. The normalized spacial score (nSPS) is 10.6. The van der Waals surface area contributed by atoms with Gasteiger partial charge >= 0.3 is 11.9 Å². The highest BCUT2D eigenvalue weighted by atomic mass is 32.1. The monoisotopic (exact) mass is 470 g/mol. The predicted molar refractivity (Wildman–Crippen MR) is 123 cm³/mol. The van der Waals surface area contributed by atoms with Gasteiger partial charge in [-0.3, -0.25) is 9.59 Å². The number of nitrogens with two attached hydrogens (primary N) is 1. The Morgan fingerprint density at radius 3 is 2.39 bits per heavy atom. The zero-order valence-electron chi connectivity index (χ0n) is 18.0. The molecule has 0 aliphatic heterocycles. The van der Waals surface area contributed by atoms with Crippen LogP contribution in [-0.4, -0.2) is 50.7 Å². The zero-order valence-corrected chi connectivity index (χ0v) is 18.8. The Kier molecular flexibility index (Phi) is 7.75. The summed E-state index contributed by atoms with van der Waals surface area (Å²) in [4.78, 5) is 49.1. The highest BCUT2D eigenvalue weighted by Crippen LogP contribution is 2.33. The average Bonchev–Trinajstić information content (AvgIpc) is 3.13. The first-order valence-electron chi connectivity index (χ1n) is 9.86. The molecule has 1 aromatic heterocycles. The molecule has 0 fully saturated rings. The first-order valence-corrected chi connectivity index (χ1v) is 10.7. The van der Waals surface area contributed by atoms with Crippen LogP contribution in [0.1, 0.15) is 36.0 Å². The maximum atomic E-state index is 12.5. The number of nitrogens with one attached hydrogen (secondary N) is 1. The molecule has 3 rings (SSSR count). The Labute approximate surface area is 193 Å². The van der Waals surface area contributed by atoms with Crippen LogP contribution in [0.4, 0.5) is 5.00 Å². The number of fused-ring (bicyclic) bond motifs is 1. The molecular formula is C23H22N2O7S. The predicted octanol–water partition coefficient (Wildman–Crippen LogP) is 2.91. The van der Waals surface area contributed by atoms with E-state index in [1.807, 2.05) is 24.3 Å². The fourth-order valence-corrected chi connectivity index (χ4v) is 4.13. The van der Waals surface area contributed by atoms with Crippen molar-refractivity contribution in [3.05, 3.63) is 64.0 Å². The highest BCUT2D eigenvalue weighted by Gasteiger charge is 2.26. The van der Waals surface area contributed by atoms with E-state index in [9.17, 15) is 19.2 Å². The van der Waals surface area contributed by atoms with Gasteiger partial charge in [-0.25, -0.2) is 9.59 Å². The van der Waals surface area contributed by atoms with E-state index in [1.165, 1.54) is 14.0 Å². The SMILES string of the molecule is COCCOC(=O)c1c(NC(=O)COC(=O)c2ccc3ccccc3c2)sc(C(N)=O)c1C. The molecule has 1 heterocycles. The molecule has 0 atom stereocenters. The first-order chi connectivity index (χ1) is 15.8. The Bertz CT molecular complexity index is 1220. The lowest BCUT2D eigenvalue weighted by molar-refractivity contribution is -0.119. The maximum Gasteiger partial charge on any atom is 0.341 e. The second kappa shape index (κ2) is 10.7. The third-order valence-corrected chi connectivity index (χ3v) is 5.89. The van der Waals surface area contributed by atoms with Gasteiger partial charge < -0.3 is 25.3 Å². The quantitative estimate of drug-likeness (QED) is 0.363. The van der Waals surface area contributed by atoms with E-state index in [0.29, 0.717) is 11.1 Å². The number of hydrogen-bond donors (Lipinski definition) is 2. The topological polar surface area (TPSA) is 134 Å². The number of anilines is 1. The Morgan fingerprint density at radius 2 is 1.70 bits per heavy atom. The molecule has 3 aromatic rings. The largest absolute Gasteiger partial charge is 0.460 e. The minimum atomic E-state index is -0.744. The molecular weight excluding hydrogens is 448 g/mol. The van der Waals surface area contributed by atoms with Crippen molar-refractivity contribution in [3.63, 3.8) is 0 Å². The second-order valence-electron chi connectivity index (χ2n) is 6.94. The van der Waals surface area contributed by atoms with E-state index in [1.54, 1.807) is 18.2 Å². The Balaban J connectivity index is 1.69. The molecule has 0 bridgehead atoms. The van der Waals surface area contributed by atoms with E-state index in [0.717, 1.165) is 22.1 Å². The number of carbonyl (C=O) groups excluding carboxylic acids is 4. The van der Waals surface area contributed by atoms with Gasteiger partial charge in [0.2, 0.25) is 0 Å². The van der Waals surface area contributed by atoms with Crippen molar-refractivity contribution in [2.24, 2.45) is 5.73 Å². The Morgan fingerprint density at radius 1 is 0.970 bits per heavy atom. The summed E-state index contributed by atoms with van der Waals surface area (Å²) in [6.07, 6.45) is 0. The molecule has 3 N–H and O–H groups in total. The van der Waals surface area contributed by atoms with Gasteiger partial charge in [0.25, 0.3) is 11.8 Å². The van der Waals surface area contributed by atoms with Crippen LogP contribution >= 0.6 is 11.3 Å². The minimum Gasteiger partial charge on any atom is -0.460 e. The number of esters is 2. The van der Waals surface area contributed by atoms with Gasteiger partial charge in [-0.15, -0.1) is 11.3 Å². The summed E-state index contributed by atoms with van der Waals surface area (Å²) >= 11 is 0.843. The van der Waals surface area contributed by atoms with Crippen molar-refractivity contribution in [2.75, 3.05) is 32.2 Å². The van der Waals surface area contributed by atoms with Crippen molar-refractivity contribution in [1.29, 1.82) is 0 Å². The van der Waals surface area contributed by atoms with Crippen LogP contribution in [0.15, 0.2) is 42.5 Å². The molecule has 33 heavy (non-hydrogen) atoms. The molecule has 0 aliphatic rings. The number of methoxy groups -OCH3 is 1. The average molecular weight is 471 g/mol. The molecule has 0 spiro atoms. The maximum absolute atomic E-state index is 12.5. The van der Waals surface area contributed by atoms with Gasteiger partial charge in [-0.1, -0.05) is 30.3 Å². The number of ether oxygens (including phenoxy) is 3. The molecule has 2 amide bonds. The number of rotatable bonds is 9. The molecule has 9 nitrogen and oxygen atoms in total. The van der Waals surface area contributed by atoms with Crippen molar-refractivity contribution >= 4 is 50.9 Å². The smallest absolute Gasteiger partial charge is 0.341 e. The lowest BCUT2D eigenvalue weighted by atomic mass is 10.1. The van der Waals surface area contributed by atoms with Crippen LogP contribution < -0.4 is 11.1 Å². The van der Waals surface area contributed by atoms with Crippen LogP contribution in [0, 0.1) is 6.92 Å². The molecule has 2 aromatic carbocycles. The number of amides is 2. The molecule has 0 radical (unpaired) electrons. The second-order valence-corrected chi connectivity index (χ2v) is 7.96. The number of carbonyl (C=O) groups is 4. The van der Waals surface area contributed by atoms with Crippen LogP contribution in [0.3, 0.4) is 0 Å². The lowest BCUT2D eigenvalue weighted by Crippen LogP contribution is -2.22. The highest BCUT2D eigenvalue weighted by molar-refractivity contribution is 7.18. The lowest BCUT2D eigenvalue weighted by Gasteiger charge is -2.09. The summed E-state index contributed by atoms with van der Waals surface area (Å²) < 4.78 is 15.1. The van der Waals surface area contributed by atoms with Crippen LogP contribution in [0.5, 0.6) is 0 Å². The van der Waals surface area contributed by atoms with Crippen molar-refractivity contribution < 1.29 is 33.4 Å². The fourth-order valence-electron chi connectivity index (χ4n) is 3.07. The summed E-state index contributed by atoms with van der Waals surface area (Å²) in [6.45, 7) is 1.11. The van der Waals surface area contributed by atoms with Crippen molar-refractivity contribution in [3.8, 4) is 0 Å². The van der Waals surface area contributed by atoms with Gasteiger partial charge in [0.15, 0.2) is 6.61 Å². The van der Waals surface area contributed by atoms with E-state index in [4.69, 9.17) is 19.9 Å². The number of hydrogen-bond acceptors (Lipinski definition) is 8. The van der Waals surface area contributed by atoms with Gasteiger partial charge in [0.05, 0.1) is 22.6 Å². The third-order valence-electron chi connectivity index (χ3n) is 4.67. The van der Waals surface area contributed by atoms with E-state index in [2.05, 4.69) is 5.32 Å². The van der Waals surface area contributed by atoms with Gasteiger partial charge in [0.1, 0.15) is 11.6 Å². The van der Waals surface area contributed by atoms with E-state index < -0.39 is 30.4 Å². The standard InChI is InChI=1S/C23H22N2O7S/c1-13-18(23(29)31-10-9-30-2)21(33-19(13)20(24)27)25-17(26)12-32-22(28)16-8-7-14-5-3-4-6-15(14)11-16/h3-8,11H,9-10,12H2,1-2H3,(H2,24,27)(H,25,26). The van der Waals surface area contributed by atoms with Crippen molar-refractivity contribution in [1.82, 2.24) is 0 Å². The fraction of sp³-hybridized carbons (Fsp3) is 0.217. The summed E-state index contributed by atoms with van der Waals surface area (Å²) in [7, 11) is 1.46. The van der Waals surface area contributed by atoms with Gasteiger partial charge in [-0.05, 0) is 35.4 Å². The first kappa shape index (κ1) is 23.9. The number of thiophene rings is 1. The molecule has 10 heteroatoms. The van der Waals surface area contributed by atoms with E-state index >= 15 is 0 Å². The van der Waals surface area contributed by atoms with Crippen LogP contribution in [0.2, 0.25) is 0 Å². The zero-order chi connectivity index (χ0) is 24.0. The van der Waals surface area contributed by atoms with Crippen LogP contribution in [-0.2, 0) is 19.0 Å². The summed E-state index contributed by atoms with van der Waals surface area (Å²) in [6, 6.07) is 12.6. The van der Waals surface area contributed by atoms with E-state index in [-0.39, 0.29) is 28.7 Å². The molecule has 0 saturated heterocycles. The number of primary amides is 1. The van der Waals surface area contributed by atoms with Gasteiger partial charge in [0, 0.05) is 7.11 Å². The minimum absolute atomic E-state index is 0.00666. The molecule has 0 saturated carbocycles. The van der Waals surface area contributed by atoms with Crippen molar-refractivity contribution in [2.45, 2.75) is 6.92 Å². The van der Waals surface area contributed by atoms with Gasteiger partial charge in [-0.2, -0.15) is 0 Å². The summed E-state index contributed by atoms with van der Waals surface area (Å²) in [5, 5.41) is 4.41. The molecule has 0 aliphatic carbocycles. The summed E-state index contributed by atoms with van der Waals surface area (Å²) in [5.74, 6) is -2.84. The van der Waals surface area contributed by atoms with Crippen LogP contribution in [0.25, 0.3) is 10.8 Å².